The predicted octanol–water partition coefficient (Wildman–Crippen LogP) is 1.75. The molecule has 1 aromatic rings. The van der Waals surface area contributed by atoms with Gasteiger partial charge >= 0.3 is 5.97 Å². The van der Waals surface area contributed by atoms with E-state index in [1.807, 2.05) is 0 Å². The molecule has 2 rings (SSSR count). The molecule has 1 aliphatic rings. The summed E-state index contributed by atoms with van der Waals surface area (Å²) in [5.74, 6) is 1.68. The third-order valence-electron chi connectivity index (χ3n) is 3.24. The molecule has 1 aromatic heterocycles. The molecular formula is C13H19N3O2. The third-order valence-corrected chi connectivity index (χ3v) is 3.24. The minimum atomic E-state index is -0.420. The van der Waals surface area contributed by atoms with E-state index in [-0.39, 0.29) is 0 Å². The normalized spacial score (nSPS) is 23.8. The summed E-state index contributed by atoms with van der Waals surface area (Å²) in [5, 5.41) is 0. The average molecular weight is 249 g/mol. The van der Waals surface area contributed by atoms with Crippen molar-refractivity contribution < 1.29 is 9.53 Å². The largest absolute Gasteiger partial charge is 0.464 e. The zero-order chi connectivity index (χ0) is 13.1. The second-order valence-corrected chi connectivity index (χ2v) is 5.10. The van der Waals surface area contributed by atoms with Crippen molar-refractivity contribution in [2.75, 3.05) is 25.1 Å². The van der Waals surface area contributed by atoms with Crippen molar-refractivity contribution in [3.05, 3.63) is 18.1 Å². The van der Waals surface area contributed by atoms with Crippen molar-refractivity contribution >= 4 is 11.8 Å². The molecule has 2 heterocycles. The van der Waals surface area contributed by atoms with Crippen LogP contribution in [0.2, 0.25) is 0 Å². The Balaban J connectivity index is 2.20. The lowest BCUT2D eigenvalue weighted by atomic mass is 9.92. The number of hydrogen-bond acceptors (Lipinski definition) is 5. The van der Waals surface area contributed by atoms with E-state index in [0.717, 1.165) is 18.9 Å². The first-order valence-electron chi connectivity index (χ1n) is 6.25. The molecule has 0 N–H and O–H groups in total. The Bertz CT molecular complexity index is 426. The number of carbonyl (C=O) groups excluding carboxylic acids is 1. The quantitative estimate of drug-likeness (QED) is 0.747. The first-order valence-corrected chi connectivity index (χ1v) is 6.25. The number of piperidine rings is 1. The van der Waals surface area contributed by atoms with Crippen LogP contribution in [-0.2, 0) is 4.74 Å². The molecule has 1 fully saturated rings. The zero-order valence-corrected chi connectivity index (χ0v) is 11.1. The van der Waals surface area contributed by atoms with Gasteiger partial charge < -0.3 is 9.64 Å². The summed E-state index contributed by atoms with van der Waals surface area (Å²) in [4.78, 5) is 21.8. The molecule has 18 heavy (non-hydrogen) atoms. The number of aromatic nitrogens is 2. The van der Waals surface area contributed by atoms with Crippen LogP contribution >= 0.6 is 0 Å². The van der Waals surface area contributed by atoms with E-state index in [2.05, 4.69) is 33.5 Å². The van der Waals surface area contributed by atoms with E-state index in [0.29, 0.717) is 17.5 Å². The molecule has 0 amide bonds. The molecule has 0 radical (unpaired) electrons. The van der Waals surface area contributed by atoms with Crippen LogP contribution in [0.4, 0.5) is 5.82 Å². The summed E-state index contributed by atoms with van der Waals surface area (Å²) < 4.78 is 4.67. The number of methoxy groups -OCH3 is 1. The van der Waals surface area contributed by atoms with Crippen LogP contribution in [0.5, 0.6) is 0 Å². The van der Waals surface area contributed by atoms with Crippen molar-refractivity contribution in [1.82, 2.24) is 9.97 Å². The van der Waals surface area contributed by atoms with Gasteiger partial charge in [-0.1, -0.05) is 13.8 Å². The Hall–Kier alpha value is -1.65. The Kier molecular flexibility index (Phi) is 3.79. The molecular weight excluding hydrogens is 230 g/mol. The van der Waals surface area contributed by atoms with E-state index in [9.17, 15) is 4.79 Å². The molecule has 0 saturated carbocycles. The van der Waals surface area contributed by atoms with Crippen LogP contribution in [0.15, 0.2) is 12.4 Å². The van der Waals surface area contributed by atoms with Crippen LogP contribution in [-0.4, -0.2) is 36.1 Å². The zero-order valence-electron chi connectivity index (χ0n) is 11.1. The minimum absolute atomic E-state index is 0.313. The highest BCUT2D eigenvalue weighted by atomic mass is 16.5. The van der Waals surface area contributed by atoms with Crippen LogP contribution in [0, 0.1) is 11.8 Å². The minimum Gasteiger partial charge on any atom is -0.464 e. The van der Waals surface area contributed by atoms with Gasteiger partial charge in [0.15, 0.2) is 5.69 Å². The Labute approximate surface area is 107 Å². The molecule has 98 valence electrons. The number of rotatable bonds is 2. The van der Waals surface area contributed by atoms with E-state index in [1.54, 1.807) is 6.07 Å². The number of esters is 1. The summed E-state index contributed by atoms with van der Waals surface area (Å²) in [7, 11) is 1.36. The van der Waals surface area contributed by atoms with Gasteiger partial charge in [0.05, 0.1) is 7.11 Å². The van der Waals surface area contributed by atoms with Crippen molar-refractivity contribution in [3.8, 4) is 0 Å². The molecule has 0 aromatic carbocycles. The summed E-state index contributed by atoms with van der Waals surface area (Å²) in [6.07, 6.45) is 2.66. The second kappa shape index (κ2) is 5.33. The third kappa shape index (κ3) is 2.78. The molecule has 5 nitrogen and oxygen atoms in total. The summed E-state index contributed by atoms with van der Waals surface area (Å²) in [5.41, 5.74) is 0.313. The van der Waals surface area contributed by atoms with E-state index < -0.39 is 5.97 Å². The van der Waals surface area contributed by atoms with E-state index in [1.165, 1.54) is 19.9 Å². The maximum atomic E-state index is 11.4. The smallest absolute Gasteiger partial charge is 0.356 e. The molecule has 2 unspecified atom stereocenters. The number of ether oxygens (including phenoxy) is 1. The Morgan fingerprint density at radius 2 is 2.00 bits per heavy atom. The highest BCUT2D eigenvalue weighted by Crippen LogP contribution is 2.24. The average Bonchev–Trinajstić information content (AvgIpc) is 2.37. The van der Waals surface area contributed by atoms with Gasteiger partial charge in [-0.2, -0.15) is 0 Å². The van der Waals surface area contributed by atoms with Crippen molar-refractivity contribution in [2.45, 2.75) is 20.3 Å². The van der Waals surface area contributed by atoms with Gasteiger partial charge in [-0.15, -0.1) is 0 Å². The van der Waals surface area contributed by atoms with E-state index >= 15 is 0 Å². The van der Waals surface area contributed by atoms with E-state index in [4.69, 9.17) is 0 Å². The summed E-state index contributed by atoms with van der Waals surface area (Å²) in [6, 6.07) is 1.70. The van der Waals surface area contributed by atoms with Crippen molar-refractivity contribution in [3.63, 3.8) is 0 Å². The van der Waals surface area contributed by atoms with Gasteiger partial charge in [0.25, 0.3) is 0 Å². The van der Waals surface area contributed by atoms with Gasteiger partial charge in [-0.05, 0) is 18.3 Å². The highest BCUT2D eigenvalue weighted by molar-refractivity contribution is 5.87. The predicted molar refractivity (Wildman–Crippen MR) is 68.5 cm³/mol. The van der Waals surface area contributed by atoms with Crippen molar-refractivity contribution in [2.24, 2.45) is 11.8 Å². The lowest BCUT2D eigenvalue weighted by molar-refractivity contribution is 0.0594. The molecule has 1 aliphatic heterocycles. The second-order valence-electron chi connectivity index (χ2n) is 5.10. The molecule has 0 spiro atoms. The van der Waals surface area contributed by atoms with Gasteiger partial charge in [0.1, 0.15) is 12.1 Å². The number of nitrogens with zero attached hydrogens (tertiary/aromatic N) is 3. The highest BCUT2D eigenvalue weighted by Gasteiger charge is 2.23. The maximum Gasteiger partial charge on any atom is 0.356 e. The molecule has 0 bridgehead atoms. The molecule has 1 saturated heterocycles. The summed E-state index contributed by atoms with van der Waals surface area (Å²) in [6.45, 7) is 6.43. The Morgan fingerprint density at radius 3 is 2.61 bits per heavy atom. The molecule has 0 aliphatic carbocycles. The number of carbonyl (C=O) groups is 1. The van der Waals surface area contributed by atoms with Gasteiger partial charge in [0.2, 0.25) is 0 Å². The fourth-order valence-corrected chi connectivity index (χ4v) is 2.59. The molecule has 5 heteroatoms. The Morgan fingerprint density at radius 1 is 1.33 bits per heavy atom. The number of anilines is 1. The van der Waals surface area contributed by atoms with Crippen molar-refractivity contribution in [1.29, 1.82) is 0 Å². The monoisotopic (exact) mass is 249 g/mol. The van der Waals surface area contributed by atoms with Gasteiger partial charge in [-0.3, -0.25) is 0 Å². The van der Waals surface area contributed by atoms with Crippen LogP contribution in [0.3, 0.4) is 0 Å². The lowest BCUT2D eigenvalue weighted by Crippen LogP contribution is -2.39. The van der Waals surface area contributed by atoms with Crippen LogP contribution in [0.25, 0.3) is 0 Å². The van der Waals surface area contributed by atoms with Crippen LogP contribution in [0.1, 0.15) is 30.8 Å². The fraction of sp³-hybridized carbons (Fsp3) is 0.615. The first kappa shape index (κ1) is 12.8. The first-order chi connectivity index (χ1) is 8.60. The standard InChI is InChI=1S/C13H19N3O2/c1-9-4-10(2)7-16(6-9)12-5-11(13(17)18-3)14-8-15-12/h5,8-10H,4,6-7H2,1-3H3. The summed E-state index contributed by atoms with van der Waals surface area (Å²) >= 11 is 0. The number of hydrogen-bond donors (Lipinski definition) is 0. The van der Waals surface area contributed by atoms with Crippen LogP contribution < -0.4 is 4.90 Å². The topological polar surface area (TPSA) is 55.3 Å². The van der Waals surface area contributed by atoms with Gasteiger partial charge in [-0.25, -0.2) is 14.8 Å². The van der Waals surface area contributed by atoms with Gasteiger partial charge in [0, 0.05) is 19.2 Å². The maximum absolute atomic E-state index is 11.4. The lowest BCUT2D eigenvalue weighted by Gasteiger charge is -2.35. The fourth-order valence-electron chi connectivity index (χ4n) is 2.59. The SMILES string of the molecule is COC(=O)c1cc(N2CC(C)CC(C)C2)ncn1. The molecule has 2 atom stereocenters.